The monoisotopic (exact) mass is 372 g/mol. The molecule has 1 atom stereocenters. The number of nitrogens with zero attached hydrogens (tertiary/aromatic N) is 5. The molecule has 8 heteroatoms. The average molecular weight is 373 g/mol. The first-order valence-corrected chi connectivity index (χ1v) is 8.80. The summed E-state index contributed by atoms with van der Waals surface area (Å²) in [5, 5.41) is 12.1. The van der Waals surface area contributed by atoms with Crippen molar-refractivity contribution in [3.8, 4) is 5.69 Å². The third-order valence-electron chi connectivity index (χ3n) is 3.97. The summed E-state index contributed by atoms with van der Waals surface area (Å²) in [6, 6.07) is 7.29. The summed E-state index contributed by atoms with van der Waals surface area (Å²) in [4.78, 5) is 16.7. The van der Waals surface area contributed by atoms with Crippen molar-refractivity contribution in [2.75, 3.05) is 0 Å². The molecule has 0 aliphatic carbocycles. The maximum absolute atomic E-state index is 12.8. The lowest BCUT2D eigenvalue weighted by atomic mass is 10.0. The SMILES string of the molecule is CC(Cn1cncn1)NC(=O)c1cnn(-c2ccc(Cl)cc2)c1C(C)C. The van der Waals surface area contributed by atoms with Crippen LogP contribution in [0, 0.1) is 0 Å². The van der Waals surface area contributed by atoms with Gasteiger partial charge in [0.05, 0.1) is 29.7 Å². The molecule has 1 aromatic carbocycles. The number of aromatic nitrogens is 5. The number of hydrogen-bond acceptors (Lipinski definition) is 4. The first-order valence-electron chi connectivity index (χ1n) is 8.43. The molecule has 3 rings (SSSR count). The Morgan fingerprint density at radius 2 is 1.92 bits per heavy atom. The van der Waals surface area contributed by atoms with Crippen molar-refractivity contribution < 1.29 is 4.79 Å². The van der Waals surface area contributed by atoms with Crippen molar-refractivity contribution in [3.05, 3.63) is 59.4 Å². The molecule has 1 N–H and O–H groups in total. The number of rotatable bonds is 6. The highest BCUT2D eigenvalue weighted by Gasteiger charge is 2.22. The first kappa shape index (κ1) is 18.1. The Hall–Kier alpha value is -2.67. The van der Waals surface area contributed by atoms with Gasteiger partial charge < -0.3 is 5.32 Å². The van der Waals surface area contributed by atoms with Crippen LogP contribution in [0.15, 0.2) is 43.1 Å². The van der Waals surface area contributed by atoms with Crippen molar-refractivity contribution in [3.63, 3.8) is 0 Å². The topological polar surface area (TPSA) is 77.6 Å². The molecule has 0 saturated heterocycles. The quantitative estimate of drug-likeness (QED) is 0.721. The zero-order valence-electron chi connectivity index (χ0n) is 14.9. The fourth-order valence-electron chi connectivity index (χ4n) is 2.83. The van der Waals surface area contributed by atoms with Gasteiger partial charge in [-0.3, -0.25) is 9.48 Å². The highest BCUT2D eigenvalue weighted by Crippen LogP contribution is 2.24. The fourth-order valence-corrected chi connectivity index (χ4v) is 2.96. The van der Waals surface area contributed by atoms with Gasteiger partial charge in [0, 0.05) is 11.1 Å². The molecule has 0 fully saturated rings. The van der Waals surface area contributed by atoms with Gasteiger partial charge in [0.15, 0.2) is 0 Å². The van der Waals surface area contributed by atoms with E-state index in [1.807, 2.05) is 45.0 Å². The Labute approximate surface area is 157 Å². The molecule has 7 nitrogen and oxygen atoms in total. The van der Waals surface area contributed by atoms with E-state index in [0.29, 0.717) is 17.1 Å². The molecule has 1 amide bonds. The molecule has 0 radical (unpaired) electrons. The molecule has 0 aliphatic rings. The van der Waals surface area contributed by atoms with Crippen molar-refractivity contribution in [1.82, 2.24) is 29.9 Å². The third kappa shape index (κ3) is 3.94. The Balaban J connectivity index is 1.82. The van der Waals surface area contributed by atoms with Crippen molar-refractivity contribution >= 4 is 17.5 Å². The normalized spacial score (nSPS) is 12.3. The van der Waals surface area contributed by atoms with Crippen LogP contribution in [0.1, 0.15) is 42.7 Å². The molecule has 26 heavy (non-hydrogen) atoms. The van der Waals surface area contributed by atoms with Crippen LogP contribution < -0.4 is 5.32 Å². The smallest absolute Gasteiger partial charge is 0.255 e. The summed E-state index contributed by atoms with van der Waals surface area (Å²) in [6.07, 6.45) is 4.71. The second-order valence-electron chi connectivity index (χ2n) is 6.48. The van der Waals surface area contributed by atoms with E-state index in [1.54, 1.807) is 21.9 Å². The van der Waals surface area contributed by atoms with E-state index in [-0.39, 0.29) is 17.9 Å². The summed E-state index contributed by atoms with van der Waals surface area (Å²) in [5.74, 6) is -0.0268. The molecule has 0 saturated carbocycles. The van der Waals surface area contributed by atoms with Gasteiger partial charge in [-0.2, -0.15) is 10.2 Å². The Kier molecular flexibility index (Phi) is 5.37. The van der Waals surface area contributed by atoms with Crippen LogP contribution in [0.3, 0.4) is 0 Å². The minimum absolute atomic E-state index is 0.0944. The summed E-state index contributed by atoms with van der Waals surface area (Å²) in [6.45, 7) is 6.56. The van der Waals surface area contributed by atoms with Gasteiger partial charge in [0.1, 0.15) is 12.7 Å². The lowest BCUT2D eigenvalue weighted by molar-refractivity contribution is 0.0934. The Morgan fingerprint density at radius 3 is 2.54 bits per heavy atom. The van der Waals surface area contributed by atoms with Crippen LogP contribution in [0.25, 0.3) is 5.69 Å². The number of benzene rings is 1. The molecule has 2 aromatic heterocycles. The number of hydrogen-bond donors (Lipinski definition) is 1. The van der Waals surface area contributed by atoms with Gasteiger partial charge in [0.25, 0.3) is 5.91 Å². The predicted molar refractivity (Wildman–Crippen MR) is 99.6 cm³/mol. The van der Waals surface area contributed by atoms with Crippen molar-refractivity contribution in [2.24, 2.45) is 0 Å². The number of carbonyl (C=O) groups is 1. The molecular formula is C18H21ClN6O. The molecule has 3 aromatic rings. The highest BCUT2D eigenvalue weighted by atomic mass is 35.5. The third-order valence-corrected chi connectivity index (χ3v) is 4.23. The summed E-state index contributed by atoms with van der Waals surface area (Å²) >= 11 is 5.97. The minimum atomic E-state index is -0.151. The van der Waals surface area contributed by atoms with E-state index < -0.39 is 0 Å². The predicted octanol–water partition coefficient (Wildman–Crippen LogP) is 3.06. The maximum Gasteiger partial charge on any atom is 0.255 e. The summed E-state index contributed by atoms with van der Waals surface area (Å²) in [5.41, 5.74) is 2.30. The zero-order chi connectivity index (χ0) is 18.7. The molecule has 2 heterocycles. The number of carbonyl (C=O) groups excluding carboxylic acids is 1. The van der Waals surface area contributed by atoms with Gasteiger partial charge in [-0.15, -0.1) is 0 Å². The van der Waals surface area contributed by atoms with Crippen molar-refractivity contribution in [2.45, 2.75) is 39.3 Å². The van der Waals surface area contributed by atoms with Gasteiger partial charge in [-0.1, -0.05) is 25.4 Å². The largest absolute Gasteiger partial charge is 0.348 e. The van der Waals surface area contributed by atoms with Crippen LogP contribution in [0.4, 0.5) is 0 Å². The number of amides is 1. The number of halogens is 1. The van der Waals surface area contributed by atoms with Gasteiger partial charge in [-0.05, 0) is 37.1 Å². The highest BCUT2D eigenvalue weighted by molar-refractivity contribution is 6.30. The second kappa shape index (κ2) is 7.70. The summed E-state index contributed by atoms with van der Waals surface area (Å²) in [7, 11) is 0. The standard InChI is InChI=1S/C18H21ClN6O/c1-12(2)17-16(8-21-25(17)15-6-4-14(19)5-7-15)18(26)23-13(3)9-24-11-20-10-22-24/h4-8,10-13H,9H2,1-3H3,(H,23,26). The lowest BCUT2D eigenvalue weighted by Crippen LogP contribution is -2.36. The Morgan fingerprint density at radius 1 is 1.19 bits per heavy atom. The molecular weight excluding hydrogens is 352 g/mol. The van der Waals surface area contributed by atoms with Crippen LogP contribution >= 0.6 is 11.6 Å². The van der Waals surface area contributed by atoms with Gasteiger partial charge in [-0.25, -0.2) is 9.67 Å². The van der Waals surface area contributed by atoms with Crippen LogP contribution in [-0.2, 0) is 6.54 Å². The van der Waals surface area contributed by atoms with E-state index in [4.69, 9.17) is 11.6 Å². The minimum Gasteiger partial charge on any atom is -0.348 e. The molecule has 136 valence electrons. The maximum atomic E-state index is 12.8. The first-order chi connectivity index (χ1) is 12.5. The van der Waals surface area contributed by atoms with Gasteiger partial charge in [0.2, 0.25) is 0 Å². The Bertz CT molecular complexity index is 870. The molecule has 0 bridgehead atoms. The van der Waals surface area contributed by atoms with Crippen LogP contribution in [-0.4, -0.2) is 36.5 Å². The fraction of sp³-hybridized carbons (Fsp3) is 0.333. The second-order valence-corrected chi connectivity index (χ2v) is 6.91. The lowest BCUT2D eigenvalue weighted by Gasteiger charge is -2.16. The molecule has 0 aliphatic heterocycles. The van der Waals surface area contributed by atoms with E-state index in [2.05, 4.69) is 20.5 Å². The van der Waals surface area contributed by atoms with E-state index in [0.717, 1.165) is 11.4 Å². The molecule has 1 unspecified atom stereocenters. The van der Waals surface area contributed by atoms with E-state index in [9.17, 15) is 4.79 Å². The molecule has 0 spiro atoms. The average Bonchev–Trinajstić information content (AvgIpc) is 3.24. The van der Waals surface area contributed by atoms with Crippen molar-refractivity contribution in [1.29, 1.82) is 0 Å². The van der Waals surface area contributed by atoms with Crippen LogP contribution in [0.2, 0.25) is 5.02 Å². The summed E-state index contributed by atoms with van der Waals surface area (Å²) < 4.78 is 3.48. The zero-order valence-corrected chi connectivity index (χ0v) is 15.7. The van der Waals surface area contributed by atoms with E-state index in [1.165, 1.54) is 6.33 Å². The van der Waals surface area contributed by atoms with E-state index >= 15 is 0 Å². The van der Waals surface area contributed by atoms with Gasteiger partial charge >= 0.3 is 0 Å². The van der Waals surface area contributed by atoms with Crippen LogP contribution in [0.5, 0.6) is 0 Å². The number of nitrogens with one attached hydrogen (secondary N) is 1.